The average Bonchev–Trinajstić information content (AvgIpc) is 3.15. The summed E-state index contributed by atoms with van der Waals surface area (Å²) < 4.78 is 13.4. The van der Waals surface area contributed by atoms with E-state index in [1.54, 1.807) is 0 Å². The van der Waals surface area contributed by atoms with Crippen molar-refractivity contribution in [2.75, 3.05) is 13.2 Å². The zero-order valence-corrected chi connectivity index (χ0v) is 23.2. The fourth-order valence-electron chi connectivity index (χ4n) is 4.90. The minimum atomic E-state index is -0.894. The Hall–Kier alpha value is -2.79. The summed E-state index contributed by atoms with van der Waals surface area (Å²) in [5.74, 6) is 0.324. The van der Waals surface area contributed by atoms with Crippen LogP contribution in [0.5, 0.6) is 5.75 Å². The number of esters is 1. The molecule has 3 unspecified atom stereocenters. The van der Waals surface area contributed by atoms with Crippen molar-refractivity contribution in [2.45, 2.75) is 61.0 Å². The van der Waals surface area contributed by atoms with Gasteiger partial charge in [-0.2, -0.15) is 0 Å². The molecule has 3 rings (SSSR count). The lowest BCUT2D eigenvalue weighted by molar-refractivity contribution is -0.155. The van der Waals surface area contributed by atoms with Crippen LogP contribution in [0.4, 0.5) is 0 Å². The molecular weight excluding hydrogens is 450 g/mol. The number of benzene rings is 2. The van der Waals surface area contributed by atoms with Crippen molar-refractivity contribution in [3.63, 3.8) is 0 Å². The minimum Gasteiger partial charge on any atom is -0.491 e. The Morgan fingerprint density at radius 2 is 1.61 bits per heavy atom. The van der Waals surface area contributed by atoms with E-state index in [4.69, 9.17) is 9.47 Å². The maximum atomic E-state index is 12.8. The Morgan fingerprint density at radius 1 is 0.972 bits per heavy atom. The number of aromatic nitrogens is 1. The number of hydrogen-bond donors (Lipinski definition) is 1. The molecule has 1 heterocycles. The molecular formula is C31H43NO4. The van der Waals surface area contributed by atoms with E-state index in [1.807, 2.05) is 43.3 Å². The van der Waals surface area contributed by atoms with Crippen LogP contribution < -0.4 is 4.74 Å². The van der Waals surface area contributed by atoms with Gasteiger partial charge < -0.3 is 19.1 Å². The van der Waals surface area contributed by atoms with Gasteiger partial charge in [-0.05, 0) is 65.1 Å². The van der Waals surface area contributed by atoms with Gasteiger partial charge in [0.25, 0.3) is 0 Å². The number of carbonyl (C=O) groups excluding carboxylic acids is 1. The molecule has 0 aliphatic carbocycles. The van der Waals surface area contributed by atoms with Crippen LogP contribution in [0.1, 0.15) is 54.9 Å². The van der Waals surface area contributed by atoms with E-state index in [9.17, 15) is 9.90 Å². The van der Waals surface area contributed by atoms with Crippen LogP contribution in [-0.2, 0) is 16.6 Å². The van der Waals surface area contributed by atoms with E-state index in [2.05, 4.69) is 71.4 Å². The Balaban J connectivity index is 1.52. The van der Waals surface area contributed by atoms with Crippen LogP contribution in [0.2, 0.25) is 0 Å². The summed E-state index contributed by atoms with van der Waals surface area (Å²) in [6.07, 6.45) is 0.0300. The second-order valence-corrected chi connectivity index (χ2v) is 12.3. The molecule has 5 nitrogen and oxygen atoms in total. The predicted octanol–water partition coefficient (Wildman–Crippen LogP) is 6.86. The van der Waals surface area contributed by atoms with Crippen LogP contribution in [0.25, 0.3) is 22.2 Å². The summed E-state index contributed by atoms with van der Waals surface area (Å²) in [6, 6.07) is 18.3. The molecule has 3 atom stereocenters. The molecule has 0 radical (unpaired) electrons. The van der Waals surface area contributed by atoms with E-state index in [1.165, 1.54) is 10.9 Å². The molecule has 196 valence electrons. The van der Waals surface area contributed by atoms with E-state index in [0.29, 0.717) is 5.75 Å². The van der Waals surface area contributed by atoms with Gasteiger partial charge in [0.1, 0.15) is 25.1 Å². The highest BCUT2D eigenvalue weighted by Gasteiger charge is 2.37. The monoisotopic (exact) mass is 493 g/mol. The van der Waals surface area contributed by atoms with E-state index < -0.39 is 6.10 Å². The summed E-state index contributed by atoms with van der Waals surface area (Å²) in [7, 11) is 2.06. The number of rotatable bonds is 9. The van der Waals surface area contributed by atoms with Gasteiger partial charge in [0.05, 0.1) is 5.92 Å². The third-order valence-electron chi connectivity index (χ3n) is 6.88. The molecule has 0 saturated carbocycles. The van der Waals surface area contributed by atoms with Gasteiger partial charge in [-0.25, -0.2) is 0 Å². The van der Waals surface area contributed by atoms with E-state index in [-0.39, 0.29) is 41.8 Å². The maximum Gasteiger partial charge on any atom is 0.309 e. The first-order chi connectivity index (χ1) is 16.8. The molecule has 5 heteroatoms. The van der Waals surface area contributed by atoms with Crippen molar-refractivity contribution in [2.24, 2.45) is 29.7 Å². The first-order valence-electron chi connectivity index (χ1n) is 12.9. The van der Waals surface area contributed by atoms with Crippen molar-refractivity contribution in [3.05, 3.63) is 54.6 Å². The maximum absolute atomic E-state index is 12.8. The number of ether oxygens (including phenoxy) is 2. The standard InChI is InChI=1S/C31H43NO4/c1-21(26(31(5,6)7)18-30(2,3)4)29(34)36-20-24(33)19-35-25-15-13-22(14-16-25)28-17-23-11-9-10-12-27(23)32(28)8/h9-17,21,24,26,33H,18-20H2,1-8H3. The highest BCUT2D eigenvalue weighted by molar-refractivity contribution is 5.86. The summed E-state index contributed by atoms with van der Waals surface area (Å²) in [5.41, 5.74) is 3.50. The number of nitrogens with zero attached hydrogens (tertiary/aromatic N) is 1. The second kappa shape index (κ2) is 11.1. The van der Waals surface area contributed by atoms with Crippen molar-refractivity contribution in [3.8, 4) is 17.0 Å². The average molecular weight is 494 g/mol. The molecule has 3 aromatic rings. The molecule has 0 bridgehead atoms. The summed E-state index contributed by atoms with van der Waals surface area (Å²) in [4.78, 5) is 12.8. The van der Waals surface area contributed by atoms with E-state index in [0.717, 1.165) is 17.7 Å². The molecule has 0 fully saturated rings. The summed E-state index contributed by atoms with van der Waals surface area (Å²) in [5, 5.41) is 11.6. The number of aliphatic hydroxyl groups is 1. The van der Waals surface area contributed by atoms with Gasteiger partial charge in [0.15, 0.2) is 0 Å². The van der Waals surface area contributed by atoms with Crippen LogP contribution in [0.3, 0.4) is 0 Å². The zero-order valence-electron chi connectivity index (χ0n) is 23.2. The van der Waals surface area contributed by atoms with Gasteiger partial charge in [0.2, 0.25) is 0 Å². The molecule has 1 aromatic heterocycles. The third kappa shape index (κ3) is 7.13. The fraction of sp³-hybridized carbons (Fsp3) is 0.516. The molecule has 2 aromatic carbocycles. The Labute approximate surface area is 216 Å². The molecule has 36 heavy (non-hydrogen) atoms. The number of carbonyl (C=O) groups is 1. The Bertz CT molecular complexity index is 1150. The highest BCUT2D eigenvalue weighted by atomic mass is 16.5. The zero-order chi connectivity index (χ0) is 26.7. The smallest absolute Gasteiger partial charge is 0.309 e. The van der Waals surface area contributed by atoms with Crippen molar-refractivity contribution < 1.29 is 19.4 Å². The molecule has 0 aliphatic heterocycles. The highest BCUT2D eigenvalue weighted by Crippen LogP contribution is 2.41. The van der Waals surface area contributed by atoms with Gasteiger partial charge in [-0.3, -0.25) is 4.79 Å². The predicted molar refractivity (Wildman–Crippen MR) is 147 cm³/mol. The number of fused-ring (bicyclic) bond motifs is 1. The lowest BCUT2D eigenvalue weighted by Gasteiger charge is -2.38. The van der Waals surface area contributed by atoms with Crippen molar-refractivity contribution >= 4 is 16.9 Å². The number of aryl methyl sites for hydroxylation is 1. The first kappa shape index (κ1) is 27.8. The van der Waals surface area contributed by atoms with Gasteiger partial charge in [-0.15, -0.1) is 0 Å². The first-order valence-corrected chi connectivity index (χ1v) is 12.9. The topological polar surface area (TPSA) is 60.7 Å². The molecule has 0 amide bonds. The number of aliphatic hydroxyl groups excluding tert-OH is 1. The SMILES string of the molecule is CC(C(=O)OCC(O)COc1ccc(-c2cc3ccccc3n2C)cc1)C(CC(C)(C)C)C(C)(C)C. The minimum absolute atomic E-state index is 0.0221. The number of hydrogen-bond acceptors (Lipinski definition) is 4. The fourth-order valence-corrected chi connectivity index (χ4v) is 4.90. The van der Waals surface area contributed by atoms with Crippen LogP contribution in [0, 0.1) is 22.7 Å². The normalized spacial score (nSPS) is 14.9. The quantitative estimate of drug-likeness (QED) is 0.331. The molecule has 0 aliphatic rings. The van der Waals surface area contributed by atoms with E-state index >= 15 is 0 Å². The van der Waals surface area contributed by atoms with Crippen LogP contribution in [0.15, 0.2) is 54.6 Å². The van der Waals surface area contributed by atoms with Crippen LogP contribution >= 0.6 is 0 Å². The number of para-hydroxylation sites is 1. The molecule has 0 spiro atoms. The van der Waals surface area contributed by atoms with Gasteiger partial charge >= 0.3 is 5.97 Å². The Kier molecular flexibility index (Phi) is 8.55. The second-order valence-electron chi connectivity index (χ2n) is 12.3. The third-order valence-corrected chi connectivity index (χ3v) is 6.88. The molecule has 1 N–H and O–H groups in total. The summed E-state index contributed by atoms with van der Waals surface area (Å²) >= 11 is 0. The molecule has 0 saturated heterocycles. The van der Waals surface area contributed by atoms with Crippen LogP contribution in [-0.4, -0.2) is 35.0 Å². The van der Waals surface area contributed by atoms with Gasteiger partial charge in [-0.1, -0.05) is 66.7 Å². The Morgan fingerprint density at radius 3 is 2.19 bits per heavy atom. The summed E-state index contributed by atoms with van der Waals surface area (Å²) in [6.45, 7) is 15.0. The lowest BCUT2D eigenvalue weighted by atomic mass is 9.67. The van der Waals surface area contributed by atoms with Gasteiger partial charge in [0, 0.05) is 23.6 Å². The largest absolute Gasteiger partial charge is 0.491 e. The van der Waals surface area contributed by atoms with Crippen molar-refractivity contribution in [1.82, 2.24) is 4.57 Å². The lowest BCUT2D eigenvalue weighted by Crippen LogP contribution is -2.36. The van der Waals surface area contributed by atoms with Crippen molar-refractivity contribution in [1.29, 1.82) is 0 Å².